The Morgan fingerprint density at radius 2 is 2.14 bits per heavy atom. The molecule has 3 aromatic rings. The van der Waals surface area contributed by atoms with Crippen LogP contribution in [0.4, 0.5) is 0 Å². The second kappa shape index (κ2) is 6.24. The fraction of sp³-hybridized carbons (Fsp3) is 0.267. The number of aryl methyl sites for hydroxylation is 1. The maximum Gasteiger partial charge on any atom is 0.181 e. The van der Waals surface area contributed by atoms with Crippen molar-refractivity contribution in [1.29, 1.82) is 0 Å². The molecule has 6 heteroatoms. The number of rotatable bonds is 5. The van der Waals surface area contributed by atoms with Crippen LogP contribution in [0.25, 0.3) is 11.2 Å². The van der Waals surface area contributed by atoms with Crippen LogP contribution in [0.15, 0.2) is 40.8 Å². The molecule has 108 valence electrons. The molecule has 3 rings (SSSR count). The van der Waals surface area contributed by atoms with Crippen molar-refractivity contribution < 1.29 is 0 Å². The lowest BCUT2D eigenvalue weighted by Gasteiger charge is -2.08. The minimum absolute atomic E-state index is 0.702. The highest BCUT2D eigenvalue weighted by molar-refractivity contribution is 7.99. The maximum atomic E-state index is 4.34. The van der Waals surface area contributed by atoms with E-state index in [1.54, 1.807) is 24.4 Å². The molecule has 0 saturated carbocycles. The Morgan fingerprint density at radius 3 is 2.95 bits per heavy atom. The van der Waals surface area contributed by atoms with Gasteiger partial charge in [0.05, 0.1) is 6.33 Å². The fourth-order valence-corrected chi connectivity index (χ4v) is 3.07. The van der Waals surface area contributed by atoms with Crippen LogP contribution in [-0.4, -0.2) is 26.5 Å². The van der Waals surface area contributed by atoms with Crippen molar-refractivity contribution in [2.24, 2.45) is 0 Å². The Labute approximate surface area is 127 Å². The first-order chi connectivity index (χ1) is 10.3. The number of nitrogens with zero attached hydrogens (tertiary/aromatic N) is 3. The van der Waals surface area contributed by atoms with Gasteiger partial charge in [0.25, 0.3) is 0 Å². The molecule has 0 atom stereocenters. The van der Waals surface area contributed by atoms with E-state index in [1.807, 2.05) is 0 Å². The second-order valence-electron chi connectivity index (χ2n) is 4.75. The van der Waals surface area contributed by atoms with Gasteiger partial charge in [0.2, 0.25) is 0 Å². The van der Waals surface area contributed by atoms with Crippen molar-refractivity contribution in [3.05, 3.63) is 42.0 Å². The summed E-state index contributed by atoms with van der Waals surface area (Å²) in [7, 11) is 0. The zero-order valence-electron chi connectivity index (χ0n) is 12.1. The van der Waals surface area contributed by atoms with E-state index in [-0.39, 0.29) is 0 Å². The highest BCUT2D eigenvalue weighted by atomic mass is 32.2. The number of aromatic amines is 1. The molecule has 0 aliphatic carbocycles. The molecular weight excluding hydrogens is 282 g/mol. The van der Waals surface area contributed by atoms with Crippen molar-refractivity contribution >= 4 is 22.9 Å². The standard InChI is InChI=1S/C15H17N5S/c1-3-16-7-11-4-5-12(6-10(11)2)21-15-13-14(18-8-17-13)19-9-20-15/h4-6,8-9,16H,3,7H2,1-2H3,(H,17,18,19,20). The molecule has 0 bridgehead atoms. The number of hydrogen-bond donors (Lipinski definition) is 2. The molecule has 2 N–H and O–H groups in total. The third-order valence-electron chi connectivity index (χ3n) is 3.28. The van der Waals surface area contributed by atoms with Crippen LogP contribution in [0.5, 0.6) is 0 Å². The number of imidazole rings is 1. The normalized spacial score (nSPS) is 11.1. The summed E-state index contributed by atoms with van der Waals surface area (Å²) < 4.78 is 0. The number of nitrogens with one attached hydrogen (secondary N) is 2. The van der Waals surface area contributed by atoms with Gasteiger partial charge in [0, 0.05) is 11.4 Å². The first-order valence-electron chi connectivity index (χ1n) is 6.90. The van der Waals surface area contributed by atoms with E-state index >= 15 is 0 Å². The number of hydrogen-bond acceptors (Lipinski definition) is 5. The predicted molar refractivity (Wildman–Crippen MR) is 84.4 cm³/mol. The van der Waals surface area contributed by atoms with Gasteiger partial charge < -0.3 is 10.3 Å². The van der Waals surface area contributed by atoms with E-state index in [0.717, 1.165) is 23.6 Å². The first-order valence-corrected chi connectivity index (χ1v) is 7.71. The molecule has 1 aromatic carbocycles. The van der Waals surface area contributed by atoms with Crippen LogP contribution < -0.4 is 5.32 Å². The zero-order valence-corrected chi connectivity index (χ0v) is 12.9. The summed E-state index contributed by atoms with van der Waals surface area (Å²) in [6.45, 7) is 6.15. The lowest BCUT2D eigenvalue weighted by Crippen LogP contribution is -2.12. The highest BCUT2D eigenvalue weighted by Gasteiger charge is 2.08. The molecule has 0 aliphatic heterocycles. The number of benzene rings is 1. The predicted octanol–water partition coefficient (Wildman–Crippen LogP) is 2.92. The first kappa shape index (κ1) is 14.0. The Balaban J connectivity index is 1.85. The fourth-order valence-electron chi connectivity index (χ4n) is 2.12. The van der Waals surface area contributed by atoms with Gasteiger partial charge in [-0.05, 0) is 36.7 Å². The quantitative estimate of drug-likeness (QED) is 0.709. The summed E-state index contributed by atoms with van der Waals surface area (Å²) in [4.78, 5) is 16.9. The van der Waals surface area contributed by atoms with Crippen LogP contribution in [-0.2, 0) is 6.54 Å². The maximum absolute atomic E-state index is 4.34. The summed E-state index contributed by atoms with van der Waals surface area (Å²) >= 11 is 1.63. The molecule has 0 fully saturated rings. The Morgan fingerprint density at radius 1 is 1.24 bits per heavy atom. The van der Waals surface area contributed by atoms with Crippen molar-refractivity contribution in [2.45, 2.75) is 30.3 Å². The molecular formula is C15H17N5S. The monoisotopic (exact) mass is 299 g/mol. The molecule has 2 aromatic heterocycles. The molecule has 21 heavy (non-hydrogen) atoms. The molecule has 0 unspecified atom stereocenters. The molecule has 2 heterocycles. The molecule has 0 aliphatic rings. The van der Waals surface area contributed by atoms with Gasteiger partial charge in [-0.1, -0.05) is 24.8 Å². The summed E-state index contributed by atoms with van der Waals surface area (Å²) in [6, 6.07) is 6.50. The minimum Gasteiger partial charge on any atom is -0.341 e. The van der Waals surface area contributed by atoms with E-state index in [2.05, 4.69) is 57.3 Å². The minimum atomic E-state index is 0.702. The Bertz CT molecular complexity index is 753. The third-order valence-corrected chi connectivity index (χ3v) is 4.27. The summed E-state index contributed by atoms with van der Waals surface area (Å²) in [6.07, 6.45) is 3.20. The van der Waals surface area contributed by atoms with E-state index < -0.39 is 0 Å². The van der Waals surface area contributed by atoms with E-state index in [0.29, 0.717) is 5.65 Å². The van der Waals surface area contributed by atoms with Gasteiger partial charge >= 0.3 is 0 Å². The Kier molecular flexibility index (Phi) is 4.17. The second-order valence-corrected chi connectivity index (χ2v) is 5.81. The van der Waals surface area contributed by atoms with Gasteiger partial charge in [0.1, 0.15) is 16.9 Å². The van der Waals surface area contributed by atoms with Crippen LogP contribution in [0.3, 0.4) is 0 Å². The van der Waals surface area contributed by atoms with E-state index in [4.69, 9.17) is 0 Å². The lowest BCUT2D eigenvalue weighted by atomic mass is 10.1. The molecule has 0 amide bonds. The van der Waals surface area contributed by atoms with Crippen molar-refractivity contribution in [3.63, 3.8) is 0 Å². The average molecular weight is 299 g/mol. The van der Waals surface area contributed by atoms with E-state index in [9.17, 15) is 0 Å². The third kappa shape index (κ3) is 3.06. The summed E-state index contributed by atoms with van der Waals surface area (Å²) in [5.74, 6) is 0. The highest BCUT2D eigenvalue weighted by Crippen LogP contribution is 2.30. The van der Waals surface area contributed by atoms with Crippen molar-refractivity contribution in [2.75, 3.05) is 6.54 Å². The van der Waals surface area contributed by atoms with Gasteiger partial charge in [0.15, 0.2) is 5.65 Å². The molecule has 0 spiro atoms. The topological polar surface area (TPSA) is 66.5 Å². The lowest BCUT2D eigenvalue weighted by molar-refractivity contribution is 0.723. The number of H-pyrrole nitrogens is 1. The summed E-state index contributed by atoms with van der Waals surface area (Å²) in [5, 5.41) is 4.25. The van der Waals surface area contributed by atoms with Gasteiger partial charge in [-0.2, -0.15) is 0 Å². The number of fused-ring (bicyclic) bond motifs is 1. The van der Waals surface area contributed by atoms with Gasteiger partial charge in [-0.15, -0.1) is 0 Å². The van der Waals surface area contributed by atoms with Gasteiger partial charge in [-0.25, -0.2) is 15.0 Å². The molecule has 0 saturated heterocycles. The Hall–Kier alpha value is -1.92. The zero-order chi connectivity index (χ0) is 14.7. The average Bonchev–Trinajstić information content (AvgIpc) is 2.96. The smallest absolute Gasteiger partial charge is 0.181 e. The van der Waals surface area contributed by atoms with Crippen LogP contribution in [0.2, 0.25) is 0 Å². The SMILES string of the molecule is CCNCc1ccc(Sc2ncnc3nc[nH]c23)cc1C. The molecule has 0 radical (unpaired) electrons. The van der Waals surface area contributed by atoms with Crippen LogP contribution in [0, 0.1) is 6.92 Å². The van der Waals surface area contributed by atoms with Crippen molar-refractivity contribution in [3.8, 4) is 0 Å². The van der Waals surface area contributed by atoms with Crippen LogP contribution >= 0.6 is 11.8 Å². The van der Waals surface area contributed by atoms with Crippen molar-refractivity contribution in [1.82, 2.24) is 25.3 Å². The summed E-state index contributed by atoms with van der Waals surface area (Å²) in [5.41, 5.74) is 4.20. The largest absolute Gasteiger partial charge is 0.341 e. The number of aromatic nitrogens is 4. The molecule has 5 nitrogen and oxygen atoms in total. The van der Waals surface area contributed by atoms with E-state index in [1.165, 1.54) is 16.0 Å². The van der Waals surface area contributed by atoms with Crippen LogP contribution in [0.1, 0.15) is 18.1 Å². The van der Waals surface area contributed by atoms with Gasteiger partial charge in [-0.3, -0.25) is 0 Å².